The minimum Gasteiger partial charge on any atom is -0.489 e. The first-order valence-corrected chi connectivity index (χ1v) is 8.18. The number of amides is 1. The molecule has 0 spiro atoms. The number of nitrogens with two attached hydrogens (primary N) is 1. The third kappa shape index (κ3) is 6.11. The van der Waals surface area contributed by atoms with Gasteiger partial charge in [-0.15, -0.1) is 12.4 Å². The smallest absolute Gasteiger partial charge is 0.253 e. The fourth-order valence-corrected chi connectivity index (χ4v) is 2.54. The Morgan fingerprint density at radius 2 is 2.21 bits per heavy atom. The maximum atomic E-state index is 12.3. The van der Waals surface area contributed by atoms with Gasteiger partial charge >= 0.3 is 0 Å². The van der Waals surface area contributed by atoms with Crippen LogP contribution in [0.15, 0.2) is 18.2 Å². The van der Waals surface area contributed by atoms with Crippen molar-refractivity contribution in [3.8, 4) is 5.75 Å². The predicted molar refractivity (Wildman–Crippen MR) is 96.3 cm³/mol. The van der Waals surface area contributed by atoms with Gasteiger partial charge in [0.2, 0.25) is 0 Å². The summed E-state index contributed by atoms with van der Waals surface area (Å²) in [4.78, 5) is 12.3. The van der Waals surface area contributed by atoms with Crippen LogP contribution in [0.25, 0.3) is 0 Å². The van der Waals surface area contributed by atoms with E-state index in [1.165, 1.54) is 0 Å². The lowest BCUT2D eigenvalue weighted by Gasteiger charge is -2.16. The van der Waals surface area contributed by atoms with Crippen LogP contribution in [-0.4, -0.2) is 44.5 Å². The van der Waals surface area contributed by atoms with Gasteiger partial charge in [-0.3, -0.25) is 4.79 Å². The number of nitrogens with one attached hydrogen (secondary N) is 1. The Morgan fingerprint density at radius 3 is 2.88 bits per heavy atom. The Balaban J connectivity index is 0.00000288. The number of hydrogen-bond donors (Lipinski definition) is 2. The number of carbonyl (C=O) groups excluding carboxylic acids is 1. The van der Waals surface area contributed by atoms with Crippen LogP contribution in [0.4, 0.5) is 5.69 Å². The number of anilines is 1. The van der Waals surface area contributed by atoms with Crippen LogP contribution < -0.4 is 15.8 Å². The van der Waals surface area contributed by atoms with Crippen LogP contribution in [0.2, 0.25) is 5.02 Å². The van der Waals surface area contributed by atoms with Crippen LogP contribution in [0.1, 0.15) is 19.8 Å². The van der Waals surface area contributed by atoms with Gasteiger partial charge in [-0.25, -0.2) is 0 Å². The van der Waals surface area contributed by atoms with Gasteiger partial charge in [0, 0.05) is 18.2 Å². The van der Waals surface area contributed by atoms with Gasteiger partial charge < -0.3 is 25.3 Å². The van der Waals surface area contributed by atoms with Gasteiger partial charge in [0.15, 0.2) is 0 Å². The molecule has 1 aromatic carbocycles. The quantitative estimate of drug-likeness (QED) is 0.679. The second kappa shape index (κ2) is 10.7. The fourth-order valence-electron chi connectivity index (χ4n) is 2.37. The van der Waals surface area contributed by atoms with Crippen LogP contribution in [0.5, 0.6) is 5.75 Å². The molecule has 3 N–H and O–H groups in total. The summed E-state index contributed by atoms with van der Waals surface area (Å²) in [6, 6.07) is 5.09. The van der Waals surface area contributed by atoms with E-state index in [0.717, 1.165) is 6.42 Å². The molecular weight excluding hydrogens is 355 g/mol. The summed E-state index contributed by atoms with van der Waals surface area (Å²) in [5.41, 5.74) is 6.09. The van der Waals surface area contributed by atoms with Crippen molar-refractivity contribution in [2.45, 2.75) is 32.0 Å². The molecule has 2 atom stereocenters. The summed E-state index contributed by atoms with van der Waals surface area (Å²) in [6.45, 7) is 3.86. The molecule has 1 saturated heterocycles. The van der Waals surface area contributed by atoms with Gasteiger partial charge in [0.1, 0.15) is 18.5 Å². The lowest BCUT2D eigenvalue weighted by atomic mass is 10.2. The van der Waals surface area contributed by atoms with Crippen LogP contribution in [0, 0.1) is 0 Å². The van der Waals surface area contributed by atoms with Gasteiger partial charge in [-0.2, -0.15) is 0 Å². The standard InChI is InChI=1S/C16H23ClN2O4.ClH/c1-2-21-7-8-22-14-5-3-11(17)9-13(14)19-16(20)15-6-4-12(10-18)23-15;/h3,5,9,12,15H,2,4,6-8,10,18H2,1H3,(H,19,20);1H/t12-,15+;/m1./s1. The zero-order valence-electron chi connectivity index (χ0n) is 13.6. The van der Waals surface area contributed by atoms with Crippen molar-refractivity contribution in [2.75, 3.05) is 31.7 Å². The molecule has 1 aliphatic heterocycles. The first-order valence-electron chi connectivity index (χ1n) is 7.80. The zero-order valence-corrected chi connectivity index (χ0v) is 15.2. The first kappa shape index (κ1) is 21.0. The highest BCUT2D eigenvalue weighted by Gasteiger charge is 2.30. The Morgan fingerprint density at radius 1 is 1.42 bits per heavy atom. The zero-order chi connectivity index (χ0) is 16.7. The molecule has 0 saturated carbocycles. The van der Waals surface area contributed by atoms with Crippen molar-refractivity contribution in [1.29, 1.82) is 0 Å². The largest absolute Gasteiger partial charge is 0.489 e. The minimum absolute atomic E-state index is 0. The highest BCUT2D eigenvalue weighted by molar-refractivity contribution is 6.31. The maximum absolute atomic E-state index is 12.3. The number of halogens is 2. The van der Waals surface area contributed by atoms with E-state index in [-0.39, 0.29) is 24.4 Å². The highest BCUT2D eigenvalue weighted by atomic mass is 35.5. The average molecular weight is 379 g/mol. The van der Waals surface area contributed by atoms with E-state index in [2.05, 4.69) is 5.32 Å². The molecule has 136 valence electrons. The highest BCUT2D eigenvalue weighted by Crippen LogP contribution is 2.29. The summed E-state index contributed by atoms with van der Waals surface area (Å²) < 4.78 is 16.5. The molecule has 0 aliphatic carbocycles. The molecule has 1 heterocycles. The molecule has 2 rings (SSSR count). The van der Waals surface area contributed by atoms with Gasteiger partial charge in [0.05, 0.1) is 18.4 Å². The normalized spacial score (nSPS) is 19.6. The van der Waals surface area contributed by atoms with Crippen LogP contribution >= 0.6 is 24.0 Å². The number of rotatable bonds is 8. The molecule has 0 aromatic heterocycles. The lowest BCUT2D eigenvalue weighted by molar-refractivity contribution is -0.126. The Labute approximate surface area is 153 Å². The van der Waals surface area contributed by atoms with Crippen molar-refractivity contribution in [3.63, 3.8) is 0 Å². The Kier molecular flexibility index (Phi) is 9.39. The Hall–Kier alpha value is -1.05. The molecule has 8 heteroatoms. The monoisotopic (exact) mass is 378 g/mol. The van der Waals surface area contributed by atoms with E-state index < -0.39 is 6.10 Å². The Bertz CT molecular complexity index is 531. The molecule has 1 aromatic rings. The summed E-state index contributed by atoms with van der Waals surface area (Å²) in [6.07, 6.45) is 0.919. The minimum atomic E-state index is -0.487. The molecule has 0 bridgehead atoms. The first-order chi connectivity index (χ1) is 11.1. The summed E-state index contributed by atoms with van der Waals surface area (Å²) in [7, 11) is 0. The second-order valence-electron chi connectivity index (χ2n) is 5.23. The fraction of sp³-hybridized carbons (Fsp3) is 0.562. The van der Waals surface area contributed by atoms with Crippen molar-refractivity contribution in [2.24, 2.45) is 5.73 Å². The van der Waals surface area contributed by atoms with Crippen molar-refractivity contribution >= 4 is 35.6 Å². The van der Waals surface area contributed by atoms with Crippen LogP contribution in [0.3, 0.4) is 0 Å². The van der Waals surface area contributed by atoms with Gasteiger partial charge in [-0.05, 0) is 38.0 Å². The number of hydrogen-bond acceptors (Lipinski definition) is 5. The topological polar surface area (TPSA) is 82.8 Å². The third-order valence-electron chi connectivity index (χ3n) is 3.55. The van der Waals surface area contributed by atoms with E-state index in [9.17, 15) is 4.79 Å². The van der Waals surface area contributed by atoms with Crippen molar-refractivity contribution < 1.29 is 19.0 Å². The van der Waals surface area contributed by atoms with Crippen molar-refractivity contribution in [3.05, 3.63) is 23.2 Å². The van der Waals surface area contributed by atoms with E-state index in [1.54, 1.807) is 18.2 Å². The SMILES string of the molecule is CCOCCOc1ccc(Cl)cc1NC(=O)[C@@H]1CC[C@H](CN)O1.Cl. The molecule has 1 amide bonds. The van der Waals surface area contributed by atoms with E-state index in [0.29, 0.717) is 49.2 Å². The second-order valence-corrected chi connectivity index (χ2v) is 5.67. The third-order valence-corrected chi connectivity index (χ3v) is 3.79. The van der Waals surface area contributed by atoms with Crippen LogP contribution in [-0.2, 0) is 14.3 Å². The number of carbonyl (C=O) groups is 1. The maximum Gasteiger partial charge on any atom is 0.253 e. The van der Waals surface area contributed by atoms with Gasteiger partial charge in [-0.1, -0.05) is 11.6 Å². The lowest BCUT2D eigenvalue weighted by Crippen LogP contribution is -2.30. The molecule has 1 fully saturated rings. The number of ether oxygens (including phenoxy) is 3. The van der Waals surface area contributed by atoms with Crippen molar-refractivity contribution in [1.82, 2.24) is 0 Å². The molecule has 0 unspecified atom stereocenters. The summed E-state index contributed by atoms with van der Waals surface area (Å²) in [5.74, 6) is 0.341. The van der Waals surface area contributed by atoms with E-state index in [1.807, 2.05) is 6.92 Å². The molecule has 24 heavy (non-hydrogen) atoms. The van der Waals surface area contributed by atoms with Gasteiger partial charge in [0.25, 0.3) is 5.91 Å². The molecular formula is C16H24Cl2N2O4. The summed E-state index contributed by atoms with van der Waals surface area (Å²) >= 11 is 6.01. The predicted octanol–water partition coefficient (Wildman–Crippen LogP) is 2.62. The van der Waals surface area contributed by atoms with E-state index in [4.69, 9.17) is 31.5 Å². The summed E-state index contributed by atoms with van der Waals surface area (Å²) in [5, 5.41) is 3.34. The van der Waals surface area contributed by atoms with E-state index >= 15 is 0 Å². The molecule has 0 radical (unpaired) electrons. The molecule has 6 nitrogen and oxygen atoms in total. The molecule has 1 aliphatic rings. The average Bonchev–Trinajstić information content (AvgIpc) is 3.02. The number of benzene rings is 1.